The molecule has 0 saturated carbocycles. The lowest BCUT2D eigenvalue weighted by Gasteiger charge is -2.21. The molecule has 132 valence electrons. The zero-order valence-corrected chi connectivity index (χ0v) is 15.7. The normalized spacial score (nSPS) is 11.9. The van der Waals surface area contributed by atoms with Gasteiger partial charge in [-0.25, -0.2) is 4.68 Å². The van der Waals surface area contributed by atoms with Crippen LogP contribution >= 0.6 is 24.0 Å². The van der Waals surface area contributed by atoms with E-state index in [4.69, 9.17) is 17.3 Å². The minimum Gasteiger partial charge on any atom is -0.342 e. The van der Waals surface area contributed by atoms with Gasteiger partial charge in [0.2, 0.25) is 0 Å². The Hall–Kier alpha value is -1.56. The van der Waals surface area contributed by atoms with Crippen molar-refractivity contribution >= 4 is 29.9 Å². The first kappa shape index (κ1) is 20.5. The predicted molar refractivity (Wildman–Crippen MR) is 100 cm³/mol. The van der Waals surface area contributed by atoms with Gasteiger partial charge < -0.3 is 10.6 Å². The van der Waals surface area contributed by atoms with E-state index in [1.165, 1.54) is 0 Å². The molecule has 1 amide bonds. The lowest BCUT2D eigenvalue weighted by Crippen LogP contribution is -2.34. The quantitative estimate of drug-likeness (QED) is 0.847. The lowest BCUT2D eigenvalue weighted by molar-refractivity contribution is 0.0789. The molecule has 24 heavy (non-hydrogen) atoms. The Labute approximate surface area is 154 Å². The highest BCUT2D eigenvalue weighted by atomic mass is 35.5. The maximum Gasteiger partial charge on any atom is 0.256 e. The highest BCUT2D eigenvalue weighted by molar-refractivity contribution is 6.30. The van der Waals surface area contributed by atoms with Crippen molar-refractivity contribution in [3.8, 4) is 5.69 Å². The highest BCUT2D eigenvalue weighted by Crippen LogP contribution is 2.15. The predicted octanol–water partition coefficient (Wildman–Crippen LogP) is 3.39. The van der Waals surface area contributed by atoms with E-state index in [9.17, 15) is 4.79 Å². The fourth-order valence-electron chi connectivity index (χ4n) is 2.19. The first-order valence-corrected chi connectivity index (χ1v) is 8.08. The summed E-state index contributed by atoms with van der Waals surface area (Å²) in [6.07, 6.45) is 4.07. The number of rotatable bonds is 6. The number of nitrogens with two attached hydrogens (primary N) is 1. The molecular weight excluding hydrogens is 347 g/mol. The van der Waals surface area contributed by atoms with Crippen LogP contribution in [0.15, 0.2) is 36.7 Å². The summed E-state index contributed by atoms with van der Waals surface area (Å²) in [7, 11) is 1.78. The summed E-state index contributed by atoms with van der Waals surface area (Å²) in [5, 5.41) is 4.87. The number of carbonyl (C=O) groups is 1. The zero-order chi connectivity index (χ0) is 17.0. The second-order valence-electron chi connectivity index (χ2n) is 6.08. The summed E-state index contributed by atoms with van der Waals surface area (Å²) in [5.41, 5.74) is 7.40. The molecule has 1 aromatic carbocycles. The monoisotopic (exact) mass is 370 g/mol. The van der Waals surface area contributed by atoms with Crippen molar-refractivity contribution in [3.05, 3.63) is 47.2 Å². The van der Waals surface area contributed by atoms with E-state index in [0.717, 1.165) is 12.1 Å². The summed E-state index contributed by atoms with van der Waals surface area (Å²) < 4.78 is 1.65. The molecule has 2 rings (SSSR count). The average molecular weight is 371 g/mol. The van der Waals surface area contributed by atoms with Crippen molar-refractivity contribution in [2.24, 2.45) is 11.7 Å². The molecule has 0 spiro atoms. The van der Waals surface area contributed by atoms with Gasteiger partial charge in [-0.1, -0.05) is 31.5 Å². The largest absolute Gasteiger partial charge is 0.342 e. The summed E-state index contributed by atoms with van der Waals surface area (Å²) in [6.45, 7) is 4.80. The molecule has 0 aliphatic heterocycles. The molecule has 2 N–H and O–H groups in total. The van der Waals surface area contributed by atoms with Crippen LogP contribution in [0.2, 0.25) is 5.02 Å². The van der Waals surface area contributed by atoms with Gasteiger partial charge in [-0.05, 0) is 30.5 Å². The second-order valence-corrected chi connectivity index (χ2v) is 6.51. The Morgan fingerprint density at radius 1 is 1.42 bits per heavy atom. The molecule has 1 heterocycles. The number of amides is 1. The molecule has 1 atom stereocenters. The van der Waals surface area contributed by atoms with Crippen LogP contribution in [0.5, 0.6) is 0 Å². The van der Waals surface area contributed by atoms with E-state index >= 15 is 0 Å². The standard InChI is InChI=1S/C17H23ClN4O.ClH/c1-12(2)16(19)7-8-21(3)17(23)13-10-20-22(11-13)15-6-4-5-14(18)9-15;/h4-6,9-12,16H,7-8,19H2,1-3H3;1H. The van der Waals surface area contributed by atoms with Crippen molar-refractivity contribution in [3.63, 3.8) is 0 Å². The molecular formula is C17H24Cl2N4O. The van der Waals surface area contributed by atoms with Crippen LogP contribution in [0.3, 0.4) is 0 Å². The molecule has 0 radical (unpaired) electrons. The Balaban J connectivity index is 0.00000288. The molecule has 0 fully saturated rings. The van der Waals surface area contributed by atoms with E-state index < -0.39 is 0 Å². The van der Waals surface area contributed by atoms with Crippen molar-refractivity contribution in [1.29, 1.82) is 0 Å². The van der Waals surface area contributed by atoms with Crippen LogP contribution < -0.4 is 5.73 Å². The Morgan fingerprint density at radius 2 is 2.12 bits per heavy atom. The van der Waals surface area contributed by atoms with Crippen LogP contribution in [0, 0.1) is 5.92 Å². The van der Waals surface area contributed by atoms with Crippen LogP contribution in [0.1, 0.15) is 30.6 Å². The van der Waals surface area contributed by atoms with Gasteiger partial charge in [0.15, 0.2) is 0 Å². The van der Waals surface area contributed by atoms with Crippen LogP contribution in [0.25, 0.3) is 5.69 Å². The molecule has 1 unspecified atom stereocenters. The highest BCUT2D eigenvalue weighted by Gasteiger charge is 2.16. The zero-order valence-electron chi connectivity index (χ0n) is 14.1. The van der Waals surface area contributed by atoms with Crippen molar-refractivity contribution in [2.45, 2.75) is 26.3 Å². The van der Waals surface area contributed by atoms with E-state index in [1.54, 1.807) is 41.2 Å². The fourth-order valence-corrected chi connectivity index (χ4v) is 2.38. The number of aromatic nitrogens is 2. The maximum atomic E-state index is 12.4. The molecule has 0 aliphatic carbocycles. The van der Waals surface area contributed by atoms with Gasteiger partial charge in [0.25, 0.3) is 5.91 Å². The van der Waals surface area contributed by atoms with Gasteiger partial charge in [-0.2, -0.15) is 5.10 Å². The Kier molecular flexibility index (Phi) is 7.73. The third kappa shape index (κ3) is 5.23. The van der Waals surface area contributed by atoms with Crippen molar-refractivity contribution in [1.82, 2.24) is 14.7 Å². The van der Waals surface area contributed by atoms with Crippen molar-refractivity contribution < 1.29 is 4.79 Å². The number of hydrogen-bond acceptors (Lipinski definition) is 3. The van der Waals surface area contributed by atoms with Gasteiger partial charge in [0, 0.05) is 30.9 Å². The molecule has 0 bridgehead atoms. The van der Waals surface area contributed by atoms with Crippen LogP contribution in [0.4, 0.5) is 0 Å². The number of hydrogen-bond donors (Lipinski definition) is 1. The summed E-state index contributed by atoms with van der Waals surface area (Å²) in [4.78, 5) is 14.1. The van der Waals surface area contributed by atoms with Gasteiger partial charge in [0.1, 0.15) is 0 Å². The summed E-state index contributed by atoms with van der Waals surface area (Å²) in [6, 6.07) is 7.43. The third-order valence-electron chi connectivity index (χ3n) is 3.90. The number of carbonyl (C=O) groups excluding carboxylic acids is 1. The molecule has 1 aromatic heterocycles. The third-order valence-corrected chi connectivity index (χ3v) is 4.14. The van der Waals surface area contributed by atoms with Crippen LogP contribution in [-0.2, 0) is 0 Å². The lowest BCUT2D eigenvalue weighted by atomic mass is 10.0. The van der Waals surface area contributed by atoms with Gasteiger partial charge >= 0.3 is 0 Å². The SMILES string of the molecule is CC(C)C(N)CCN(C)C(=O)c1cnn(-c2cccc(Cl)c2)c1.Cl. The Bertz CT molecular complexity index is 672. The first-order valence-electron chi connectivity index (χ1n) is 7.70. The van der Waals surface area contributed by atoms with Gasteiger partial charge in [0.05, 0.1) is 17.4 Å². The van der Waals surface area contributed by atoms with E-state index in [2.05, 4.69) is 18.9 Å². The first-order chi connectivity index (χ1) is 10.9. The topological polar surface area (TPSA) is 64.2 Å². The molecule has 0 aliphatic rings. The van der Waals surface area contributed by atoms with Crippen LogP contribution in [-0.4, -0.2) is 40.2 Å². The molecule has 2 aromatic rings. The van der Waals surface area contributed by atoms with E-state index in [-0.39, 0.29) is 24.4 Å². The smallest absolute Gasteiger partial charge is 0.256 e. The van der Waals surface area contributed by atoms with Gasteiger partial charge in [-0.3, -0.25) is 4.79 Å². The number of benzene rings is 1. The number of nitrogens with zero attached hydrogens (tertiary/aromatic N) is 3. The van der Waals surface area contributed by atoms with Gasteiger partial charge in [-0.15, -0.1) is 12.4 Å². The maximum absolute atomic E-state index is 12.4. The van der Waals surface area contributed by atoms with E-state index in [1.807, 2.05) is 12.1 Å². The summed E-state index contributed by atoms with van der Waals surface area (Å²) in [5.74, 6) is 0.346. The molecule has 0 saturated heterocycles. The summed E-state index contributed by atoms with van der Waals surface area (Å²) >= 11 is 5.98. The minimum atomic E-state index is -0.0609. The minimum absolute atomic E-state index is 0. The van der Waals surface area contributed by atoms with Crippen molar-refractivity contribution in [2.75, 3.05) is 13.6 Å². The van der Waals surface area contributed by atoms with E-state index in [0.29, 0.717) is 23.0 Å². The second kappa shape index (κ2) is 9.06. The number of halogens is 2. The average Bonchev–Trinajstić information content (AvgIpc) is 3.01. The fraction of sp³-hybridized carbons (Fsp3) is 0.412. The molecule has 5 nitrogen and oxygen atoms in total. The molecule has 7 heteroatoms. The Morgan fingerprint density at radius 3 is 2.75 bits per heavy atom.